The first kappa shape index (κ1) is 15.3. The molecule has 2 rings (SSSR count). The first-order valence-corrected chi connectivity index (χ1v) is 8.47. The molecule has 8 heteroatoms. The molecule has 0 saturated heterocycles. The third kappa shape index (κ3) is 3.50. The van der Waals surface area contributed by atoms with Crippen LogP contribution in [0.15, 0.2) is 50.4 Å². The summed E-state index contributed by atoms with van der Waals surface area (Å²) in [5, 5.41) is 0. The summed E-state index contributed by atoms with van der Waals surface area (Å²) in [6.45, 7) is 0. The normalized spacial score (nSPS) is 11.2. The van der Waals surface area contributed by atoms with E-state index < -0.39 is 10.0 Å². The van der Waals surface area contributed by atoms with E-state index in [-0.39, 0.29) is 4.90 Å². The Bertz CT molecular complexity index is 718. The fourth-order valence-electron chi connectivity index (χ4n) is 1.45. The quantitative estimate of drug-likeness (QED) is 0.821. The van der Waals surface area contributed by atoms with Gasteiger partial charge in [-0.2, -0.15) is 0 Å². The number of nitrogens with one attached hydrogen (secondary N) is 1. The van der Waals surface area contributed by atoms with E-state index in [0.29, 0.717) is 20.5 Å². The number of pyridine rings is 1. The lowest BCUT2D eigenvalue weighted by molar-refractivity contribution is 0.398. The zero-order valence-corrected chi connectivity index (χ0v) is 14.3. The van der Waals surface area contributed by atoms with Crippen LogP contribution in [0, 0.1) is 0 Å². The maximum Gasteiger partial charge on any atom is 0.263 e. The lowest BCUT2D eigenvalue weighted by atomic mass is 10.4. The molecule has 2 aromatic rings. The van der Waals surface area contributed by atoms with Crippen molar-refractivity contribution in [1.29, 1.82) is 0 Å². The van der Waals surface area contributed by atoms with Crippen molar-refractivity contribution in [3.63, 3.8) is 0 Å². The average molecular weight is 422 g/mol. The summed E-state index contributed by atoms with van der Waals surface area (Å²) >= 11 is 6.48. The van der Waals surface area contributed by atoms with Crippen LogP contribution in [0.5, 0.6) is 5.88 Å². The number of aromatic nitrogens is 1. The molecule has 0 unspecified atom stereocenters. The third-order valence-electron chi connectivity index (χ3n) is 2.38. The number of anilines is 1. The van der Waals surface area contributed by atoms with Gasteiger partial charge >= 0.3 is 0 Å². The molecule has 0 radical (unpaired) electrons. The van der Waals surface area contributed by atoms with Gasteiger partial charge in [0.1, 0.15) is 4.90 Å². The summed E-state index contributed by atoms with van der Waals surface area (Å²) in [5.74, 6) is 0.414. The van der Waals surface area contributed by atoms with Crippen molar-refractivity contribution in [3.05, 3.63) is 45.5 Å². The Labute approximate surface area is 133 Å². The van der Waals surface area contributed by atoms with E-state index >= 15 is 0 Å². The van der Waals surface area contributed by atoms with Crippen LogP contribution in [0.2, 0.25) is 0 Å². The van der Waals surface area contributed by atoms with Crippen LogP contribution in [0.25, 0.3) is 0 Å². The highest BCUT2D eigenvalue weighted by Gasteiger charge is 2.18. The van der Waals surface area contributed by atoms with Gasteiger partial charge in [0.2, 0.25) is 5.88 Å². The predicted octanol–water partition coefficient (Wildman–Crippen LogP) is 3.42. The number of hydrogen-bond acceptors (Lipinski definition) is 4. The second-order valence-corrected chi connectivity index (χ2v) is 7.19. The first-order chi connectivity index (χ1) is 9.42. The van der Waals surface area contributed by atoms with Gasteiger partial charge in [-0.25, -0.2) is 13.4 Å². The number of hydrogen-bond donors (Lipinski definition) is 1. The summed E-state index contributed by atoms with van der Waals surface area (Å²) in [5.41, 5.74) is 0.359. The largest absolute Gasteiger partial charge is 0.481 e. The molecule has 1 heterocycles. The van der Waals surface area contributed by atoms with Crippen molar-refractivity contribution in [2.45, 2.75) is 4.90 Å². The number of halogens is 2. The second-order valence-electron chi connectivity index (χ2n) is 3.77. The molecule has 0 saturated carbocycles. The van der Waals surface area contributed by atoms with Crippen molar-refractivity contribution in [1.82, 2.24) is 4.98 Å². The topological polar surface area (TPSA) is 68.3 Å². The summed E-state index contributed by atoms with van der Waals surface area (Å²) in [6, 6.07) is 8.08. The van der Waals surface area contributed by atoms with Crippen LogP contribution in [-0.2, 0) is 10.0 Å². The minimum Gasteiger partial charge on any atom is -0.481 e. The molecule has 1 N–H and O–H groups in total. The Morgan fingerprint density at radius 2 is 1.95 bits per heavy atom. The van der Waals surface area contributed by atoms with Crippen molar-refractivity contribution in [2.75, 3.05) is 11.8 Å². The van der Waals surface area contributed by atoms with E-state index in [1.165, 1.54) is 19.4 Å². The number of methoxy groups -OCH3 is 1. The highest BCUT2D eigenvalue weighted by atomic mass is 79.9. The SMILES string of the molecule is COc1ccc(NS(=O)(=O)c2cc(Br)ccc2Br)cn1. The van der Waals surface area contributed by atoms with Gasteiger partial charge in [0.25, 0.3) is 10.0 Å². The van der Waals surface area contributed by atoms with Gasteiger partial charge in [-0.3, -0.25) is 4.72 Å². The Hall–Kier alpha value is -1.12. The van der Waals surface area contributed by atoms with Crippen LogP contribution in [0.4, 0.5) is 5.69 Å². The van der Waals surface area contributed by atoms with Crippen molar-refractivity contribution >= 4 is 47.6 Å². The Balaban J connectivity index is 2.32. The monoisotopic (exact) mass is 420 g/mol. The molecule has 0 aliphatic carbocycles. The van der Waals surface area contributed by atoms with Gasteiger partial charge in [0.15, 0.2) is 0 Å². The predicted molar refractivity (Wildman–Crippen MR) is 83.4 cm³/mol. The van der Waals surface area contributed by atoms with E-state index in [0.717, 1.165) is 0 Å². The minimum atomic E-state index is -3.69. The molecule has 1 aromatic heterocycles. The number of rotatable bonds is 4. The van der Waals surface area contributed by atoms with Gasteiger partial charge in [-0.15, -0.1) is 0 Å². The van der Waals surface area contributed by atoms with Gasteiger partial charge in [0, 0.05) is 15.0 Å². The highest BCUT2D eigenvalue weighted by Crippen LogP contribution is 2.27. The molecule has 0 aliphatic rings. The molecule has 20 heavy (non-hydrogen) atoms. The standard InChI is InChI=1S/C12H10Br2N2O3S/c1-19-12-5-3-9(7-15-12)16-20(17,18)11-6-8(13)2-4-10(11)14/h2-7,16H,1H3. The van der Waals surface area contributed by atoms with Gasteiger partial charge in [-0.05, 0) is 40.2 Å². The number of sulfonamides is 1. The number of benzene rings is 1. The van der Waals surface area contributed by atoms with Crippen LogP contribution in [-0.4, -0.2) is 20.5 Å². The molecule has 5 nitrogen and oxygen atoms in total. The molecule has 106 valence electrons. The first-order valence-electron chi connectivity index (χ1n) is 5.40. The van der Waals surface area contributed by atoms with Crippen LogP contribution < -0.4 is 9.46 Å². The summed E-state index contributed by atoms with van der Waals surface area (Å²) in [6.07, 6.45) is 1.39. The highest BCUT2D eigenvalue weighted by molar-refractivity contribution is 9.11. The molecule has 0 spiro atoms. The molecule has 0 bridgehead atoms. The molecule has 1 aromatic carbocycles. The summed E-state index contributed by atoms with van der Waals surface area (Å²) in [7, 11) is -2.20. The smallest absolute Gasteiger partial charge is 0.263 e. The fourth-order valence-corrected chi connectivity index (χ4v) is 4.00. The molecule has 0 aliphatic heterocycles. The summed E-state index contributed by atoms with van der Waals surface area (Å²) in [4.78, 5) is 4.09. The zero-order valence-electron chi connectivity index (χ0n) is 10.3. The zero-order chi connectivity index (χ0) is 14.8. The van der Waals surface area contributed by atoms with E-state index in [4.69, 9.17) is 4.74 Å². The number of nitrogens with zero attached hydrogens (tertiary/aromatic N) is 1. The molecular weight excluding hydrogens is 412 g/mol. The molecule has 0 atom stereocenters. The van der Waals surface area contributed by atoms with Crippen molar-refractivity contribution in [2.24, 2.45) is 0 Å². The summed E-state index contributed by atoms with van der Waals surface area (Å²) < 4.78 is 33.1. The van der Waals surface area contributed by atoms with E-state index in [1.54, 1.807) is 24.3 Å². The Kier molecular flexibility index (Phi) is 4.66. The lowest BCUT2D eigenvalue weighted by Gasteiger charge is -2.10. The Morgan fingerprint density at radius 1 is 1.20 bits per heavy atom. The van der Waals surface area contributed by atoms with E-state index in [1.807, 2.05) is 0 Å². The minimum absolute atomic E-state index is 0.141. The van der Waals surface area contributed by atoms with Gasteiger partial charge in [-0.1, -0.05) is 15.9 Å². The maximum absolute atomic E-state index is 12.3. The van der Waals surface area contributed by atoms with Crippen molar-refractivity contribution in [3.8, 4) is 5.88 Å². The van der Waals surface area contributed by atoms with E-state index in [9.17, 15) is 8.42 Å². The van der Waals surface area contributed by atoms with Crippen molar-refractivity contribution < 1.29 is 13.2 Å². The van der Waals surface area contributed by atoms with Crippen LogP contribution in [0.3, 0.4) is 0 Å². The maximum atomic E-state index is 12.3. The van der Waals surface area contributed by atoms with Gasteiger partial charge < -0.3 is 4.74 Å². The Morgan fingerprint density at radius 3 is 2.55 bits per heavy atom. The van der Waals surface area contributed by atoms with Crippen LogP contribution >= 0.6 is 31.9 Å². The van der Waals surface area contributed by atoms with E-state index in [2.05, 4.69) is 41.6 Å². The average Bonchev–Trinajstić information content (AvgIpc) is 2.42. The molecule has 0 fully saturated rings. The number of ether oxygens (including phenoxy) is 1. The fraction of sp³-hybridized carbons (Fsp3) is 0.0833. The van der Waals surface area contributed by atoms with Crippen LogP contribution in [0.1, 0.15) is 0 Å². The van der Waals surface area contributed by atoms with Gasteiger partial charge in [0.05, 0.1) is 19.0 Å². The second kappa shape index (κ2) is 6.11. The molecular formula is C12H10Br2N2O3S. The molecule has 0 amide bonds. The lowest BCUT2D eigenvalue weighted by Crippen LogP contribution is -2.13. The third-order valence-corrected chi connectivity index (χ3v) is 5.25.